The molecule has 2 rings (SSSR count). The molecule has 0 N–H and O–H groups in total. The quantitative estimate of drug-likeness (QED) is 0.623. The first kappa shape index (κ1) is 8.61. The molecule has 1 nitrogen and oxygen atoms in total. The normalized spacial score (nSPS) is 32.7. The summed E-state index contributed by atoms with van der Waals surface area (Å²) in [6.07, 6.45) is 6.19. The smallest absolute Gasteiger partial charge is 0.137 e. The van der Waals surface area contributed by atoms with E-state index >= 15 is 0 Å². The minimum atomic E-state index is 0.436. The van der Waals surface area contributed by atoms with Gasteiger partial charge < -0.3 is 0 Å². The molecular weight excluding hydrogens is 168 g/mol. The fraction of sp³-hybridized carbons (Fsp3) is 0.900. The van der Waals surface area contributed by atoms with Gasteiger partial charge in [-0.3, -0.25) is 4.79 Å². The standard InChI is InChI=1S/C10H16OS/c11-10-5-6-12-7-9(10)8-3-1-2-4-8/h8-9H,1-7H2. The maximum atomic E-state index is 11.6. The molecule has 0 aromatic carbocycles. The Morgan fingerprint density at radius 2 is 2.00 bits per heavy atom. The van der Waals surface area contributed by atoms with Crippen molar-refractivity contribution in [3.05, 3.63) is 0 Å². The molecular formula is C10H16OS. The van der Waals surface area contributed by atoms with E-state index in [9.17, 15) is 4.79 Å². The number of hydrogen-bond donors (Lipinski definition) is 0. The Bertz CT molecular complexity index is 173. The van der Waals surface area contributed by atoms with Crippen LogP contribution in [0.3, 0.4) is 0 Å². The van der Waals surface area contributed by atoms with Crippen LogP contribution >= 0.6 is 11.8 Å². The molecule has 2 aliphatic rings. The third-order valence-electron chi connectivity index (χ3n) is 3.17. The van der Waals surface area contributed by atoms with Crippen LogP contribution in [0.15, 0.2) is 0 Å². The summed E-state index contributed by atoms with van der Waals surface area (Å²) in [5, 5.41) is 0. The second kappa shape index (κ2) is 3.82. The topological polar surface area (TPSA) is 17.1 Å². The third-order valence-corrected chi connectivity index (χ3v) is 4.26. The number of carbonyl (C=O) groups excluding carboxylic acids is 1. The van der Waals surface area contributed by atoms with E-state index in [2.05, 4.69) is 0 Å². The van der Waals surface area contributed by atoms with Gasteiger partial charge in [-0.05, 0) is 18.8 Å². The molecule has 2 fully saturated rings. The number of rotatable bonds is 1. The lowest BCUT2D eigenvalue weighted by Gasteiger charge is -2.25. The van der Waals surface area contributed by atoms with Gasteiger partial charge in [-0.2, -0.15) is 11.8 Å². The highest BCUT2D eigenvalue weighted by atomic mass is 32.2. The molecule has 1 aliphatic carbocycles. The lowest BCUT2D eigenvalue weighted by Crippen LogP contribution is -2.28. The van der Waals surface area contributed by atoms with E-state index in [4.69, 9.17) is 0 Å². The van der Waals surface area contributed by atoms with E-state index in [0.29, 0.717) is 11.7 Å². The van der Waals surface area contributed by atoms with Gasteiger partial charge in [0.05, 0.1) is 0 Å². The zero-order chi connectivity index (χ0) is 8.39. The van der Waals surface area contributed by atoms with Crippen LogP contribution < -0.4 is 0 Å². The Morgan fingerprint density at radius 3 is 2.67 bits per heavy atom. The van der Waals surface area contributed by atoms with Crippen molar-refractivity contribution in [1.82, 2.24) is 0 Å². The Kier molecular flexibility index (Phi) is 2.74. The summed E-state index contributed by atoms with van der Waals surface area (Å²) in [6.45, 7) is 0. The maximum absolute atomic E-state index is 11.6. The van der Waals surface area contributed by atoms with Crippen molar-refractivity contribution >= 4 is 17.5 Å². The van der Waals surface area contributed by atoms with E-state index in [1.54, 1.807) is 0 Å². The van der Waals surface area contributed by atoms with Crippen molar-refractivity contribution in [3.63, 3.8) is 0 Å². The molecule has 12 heavy (non-hydrogen) atoms. The lowest BCUT2D eigenvalue weighted by molar-refractivity contribution is -0.123. The van der Waals surface area contributed by atoms with Gasteiger partial charge in [0.2, 0.25) is 0 Å². The maximum Gasteiger partial charge on any atom is 0.137 e. The van der Waals surface area contributed by atoms with Crippen LogP contribution in [0.1, 0.15) is 32.1 Å². The predicted molar refractivity (Wildman–Crippen MR) is 52.4 cm³/mol. The van der Waals surface area contributed by atoms with Crippen molar-refractivity contribution in [3.8, 4) is 0 Å². The van der Waals surface area contributed by atoms with Crippen molar-refractivity contribution in [2.75, 3.05) is 11.5 Å². The molecule has 1 atom stereocenters. The van der Waals surface area contributed by atoms with Gasteiger partial charge >= 0.3 is 0 Å². The van der Waals surface area contributed by atoms with Crippen LogP contribution in [0.4, 0.5) is 0 Å². The zero-order valence-electron chi connectivity index (χ0n) is 7.42. The van der Waals surface area contributed by atoms with Gasteiger partial charge in [0.1, 0.15) is 5.78 Å². The Hall–Kier alpha value is 0.0200. The fourth-order valence-corrected chi connectivity index (χ4v) is 3.64. The Labute approximate surface area is 78.3 Å². The average molecular weight is 184 g/mol. The molecule has 1 saturated carbocycles. The third kappa shape index (κ3) is 1.68. The number of Topliss-reactive ketones (excluding diaryl/α,β-unsaturated/α-hetero) is 1. The molecule has 1 saturated heterocycles. The van der Waals surface area contributed by atoms with E-state index in [0.717, 1.165) is 23.8 Å². The molecule has 1 heterocycles. The highest BCUT2D eigenvalue weighted by Gasteiger charge is 2.31. The molecule has 0 amide bonds. The zero-order valence-corrected chi connectivity index (χ0v) is 8.24. The first-order valence-corrected chi connectivity index (χ1v) is 6.14. The van der Waals surface area contributed by atoms with Crippen LogP contribution in [0, 0.1) is 11.8 Å². The van der Waals surface area contributed by atoms with Gasteiger partial charge in [-0.25, -0.2) is 0 Å². The van der Waals surface area contributed by atoms with Crippen molar-refractivity contribution in [2.24, 2.45) is 11.8 Å². The molecule has 0 aromatic rings. The second-order valence-electron chi connectivity index (χ2n) is 3.94. The molecule has 0 radical (unpaired) electrons. The van der Waals surface area contributed by atoms with Crippen LogP contribution in [0.2, 0.25) is 0 Å². The Balaban J connectivity index is 1.95. The summed E-state index contributed by atoms with van der Waals surface area (Å²) in [4.78, 5) is 11.6. The van der Waals surface area contributed by atoms with Crippen LogP contribution in [0.25, 0.3) is 0 Å². The molecule has 0 aromatic heterocycles. The van der Waals surface area contributed by atoms with Gasteiger partial charge in [-0.1, -0.05) is 12.8 Å². The number of hydrogen-bond acceptors (Lipinski definition) is 2. The van der Waals surface area contributed by atoms with Gasteiger partial charge in [0, 0.05) is 23.8 Å². The van der Waals surface area contributed by atoms with Crippen molar-refractivity contribution in [1.29, 1.82) is 0 Å². The SMILES string of the molecule is O=C1CCSCC1C1CCCC1. The highest BCUT2D eigenvalue weighted by Crippen LogP contribution is 2.36. The van der Waals surface area contributed by atoms with Crippen LogP contribution in [-0.4, -0.2) is 17.3 Å². The van der Waals surface area contributed by atoms with E-state index in [-0.39, 0.29) is 0 Å². The number of carbonyl (C=O) groups is 1. The molecule has 68 valence electrons. The van der Waals surface area contributed by atoms with Crippen LogP contribution in [-0.2, 0) is 4.79 Å². The van der Waals surface area contributed by atoms with Crippen molar-refractivity contribution in [2.45, 2.75) is 32.1 Å². The summed E-state index contributed by atoms with van der Waals surface area (Å²) in [5.74, 6) is 3.93. The molecule has 1 aliphatic heterocycles. The fourth-order valence-electron chi connectivity index (χ4n) is 2.42. The van der Waals surface area contributed by atoms with Crippen molar-refractivity contribution < 1.29 is 4.79 Å². The molecule has 0 spiro atoms. The number of thioether (sulfide) groups is 1. The second-order valence-corrected chi connectivity index (χ2v) is 5.09. The van der Waals surface area contributed by atoms with E-state index in [1.807, 2.05) is 11.8 Å². The van der Waals surface area contributed by atoms with E-state index in [1.165, 1.54) is 25.7 Å². The summed E-state index contributed by atoms with van der Waals surface area (Å²) in [5.41, 5.74) is 0. The van der Waals surface area contributed by atoms with Gasteiger partial charge in [0.15, 0.2) is 0 Å². The minimum absolute atomic E-state index is 0.436. The lowest BCUT2D eigenvalue weighted by atomic mass is 9.87. The largest absolute Gasteiger partial charge is 0.299 e. The first-order chi connectivity index (χ1) is 5.88. The molecule has 2 heteroatoms. The predicted octanol–water partition coefficient (Wildman–Crippen LogP) is 2.50. The molecule has 1 unspecified atom stereocenters. The summed E-state index contributed by atoms with van der Waals surface area (Å²) in [6, 6.07) is 0. The minimum Gasteiger partial charge on any atom is -0.299 e. The average Bonchev–Trinajstić information content (AvgIpc) is 2.57. The first-order valence-electron chi connectivity index (χ1n) is 4.98. The van der Waals surface area contributed by atoms with Gasteiger partial charge in [0.25, 0.3) is 0 Å². The molecule has 0 bridgehead atoms. The number of ketones is 1. The van der Waals surface area contributed by atoms with Crippen LogP contribution in [0.5, 0.6) is 0 Å². The summed E-state index contributed by atoms with van der Waals surface area (Å²) < 4.78 is 0. The van der Waals surface area contributed by atoms with E-state index < -0.39 is 0 Å². The summed E-state index contributed by atoms with van der Waals surface area (Å²) >= 11 is 1.97. The highest BCUT2D eigenvalue weighted by molar-refractivity contribution is 7.99. The Morgan fingerprint density at radius 1 is 1.25 bits per heavy atom. The monoisotopic (exact) mass is 184 g/mol. The summed E-state index contributed by atoms with van der Waals surface area (Å²) in [7, 11) is 0. The van der Waals surface area contributed by atoms with Gasteiger partial charge in [-0.15, -0.1) is 0 Å².